The smallest absolute Gasteiger partial charge is 0.240 e. The molecule has 0 bridgehead atoms. The fraction of sp³-hybridized carbons (Fsp3) is 0.923. The Labute approximate surface area is 104 Å². The third kappa shape index (κ3) is 3.68. The van der Waals surface area contributed by atoms with Crippen molar-refractivity contribution < 1.29 is 9.90 Å². The highest BCUT2D eigenvalue weighted by atomic mass is 16.3. The Balaban J connectivity index is 2.64. The third-order valence-corrected chi connectivity index (χ3v) is 3.91. The molecular formula is C13H26N2O2. The first-order valence-electron chi connectivity index (χ1n) is 6.78. The van der Waals surface area contributed by atoms with Crippen molar-refractivity contribution in [2.45, 2.75) is 58.0 Å². The van der Waals surface area contributed by atoms with E-state index in [0.717, 1.165) is 32.2 Å². The quantitative estimate of drug-likeness (QED) is 0.759. The van der Waals surface area contributed by atoms with E-state index in [1.54, 1.807) is 0 Å². The van der Waals surface area contributed by atoms with Gasteiger partial charge in [0.05, 0.1) is 6.04 Å². The Hall–Kier alpha value is -0.610. The Morgan fingerprint density at radius 1 is 1.53 bits per heavy atom. The van der Waals surface area contributed by atoms with E-state index in [9.17, 15) is 4.79 Å². The highest BCUT2D eigenvalue weighted by Crippen LogP contribution is 2.21. The highest BCUT2D eigenvalue weighted by molar-refractivity contribution is 5.82. The van der Waals surface area contributed by atoms with Gasteiger partial charge in [-0.05, 0) is 31.6 Å². The summed E-state index contributed by atoms with van der Waals surface area (Å²) < 4.78 is 0. The minimum atomic E-state index is -0.390. The number of carbonyl (C=O) groups is 1. The van der Waals surface area contributed by atoms with Gasteiger partial charge in [0.2, 0.25) is 5.91 Å². The number of nitrogens with zero attached hydrogens (tertiary/aromatic N) is 1. The van der Waals surface area contributed by atoms with Crippen molar-refractivity contribution in [3.05, 3.63) is 0 Å². The minimum Gasteiger partial charge on any atom is -0.396 e. The summed E-state index contributed by atoms with van der Waals surface area (Å²) in [5.41, 5.74) is 6.01. The van der Waals surface area contributed by atoms with Gasteiger partial charge >= 0.3 is 0 Å². The molecule has 0 aromatic carbocycles. The largest absolute Gasteiger partial charge is 0.396 e. The molecule has 0 saturated carbocycles. The summed E-state index contributed by atoms with van der Waals surface area (Å²) in [5.74, 6) is 0.289. The summed E-state index contributed by atoms with van der Waals surface area (Å²) in [6, 6.07) is -0.198. The molecule has 1 saturated heterocycles. The second-order valence-electron chi connectivity index (χ2n) is 5.10. The van der Waals surface area contributed by atoms with Gasteiger partial charge in [0, 0.05) is 19.2 Å². The summed E-state index contributed by atoms with van der Waals surface area (Å²) in [5, 5.41) is 9.04. The first kappa shape index (κ1) is 14.5. The predicted molar refractivity (Wildman–Crippen MR) is 68.5 cm³/mol. The van der Waals surface area contributed by atoms with Crippen LogP contribution >= 0.6 is 0 Å². The Morgan fingerprint density at radius 3 is 2.82 bits per heavy atom. The number of piperidine rings is 1. The van der Waals surface area contributed by atoms with E-state index >= 15 is 0 Å². The predicted octanol–water partition coefficient (Wildman–Crippen LogP) is 1.12. The lowest BCUT2D eigenvalue weighted by molar-refractivity contribution is -0.137. The molecule has 1 amide bonds. The lowest BCUT2D eigenvalue weighted by atomic mass is 9.94. The maximum atomic E-state index is 12.3. The molecule has 0 radical (unpaired) electrons. The molecule has 0 aliphatic carbocycles. The van der Waals surface area contributed by atoms with E-state index in [2.05, 4.69) is 6.92 Å². The summed E-state index contributed by atoms with van der Waals surface area (Å²) in [6.07, 6.45) is 4.80. The van der Waals surface area contributed by atoms with Crippen LogP contribution in [0, 0.1) is 5.92 Å². The van der Waals surface area contributed by atoms with Crippen molar-refractivity contribution in [3.63, 3.8) is 0 Å². The molecule has 100 valence electrons. The molecular weight excluding hydrogens is 216 g/mol. The maximum absolute atomic E-state index is 12.3. The van der Waals surface area contributed by atoms with Gasteiger partial charge in [-0.25, -0.2) is 0 Å². The standard InChI is InChI=1S/C13H26N2O2/c1-3-10(2)12(14)13(17)15-8-5-4-6-11(15)7-9-16/h10-12,16H,3-9,14H2,1-2H3/t10-,11?,12-/m0/s1. The molecule has 0 spiro atoms. The molecule has 4 heteroatoms. The average Bonchev–Trinajstić information content (AvgIpc) is 2.37. The van der Waals surface area contributed by atoms with Crippen LogP contribution in [0.3, 0.4) is 0 Å². The zero-order valence-electron chi connectivity index (χ0n) is 11.1. The SMILES string of the molecule is CC[C@H](C)[C@H](N)C(=O)N1CCCCC1CCO. The molecule has 0 aromatic rings. The molecule has 0 aromatic heterocycles. The van der Waals surface area contributed by atoms with E-state index in [4.69, 9.17) is 10.8 Å². The van der Waals surface area contributed by atoms with Gasteiger partial charge in [-0.2, -0.15) is 0 Å². The van der Waals surface area contributed by atoms with Crippen molar-refractivity contribution in [1.29, 1.82) is 0 Å². The Bertz CT molecular complexity index is 244. The van der Waals surface area contributed by atoms with Crippen molar-refractivity contribution in [2.75, 3.05) is 13.2 Å². The third-order valence-electron chi connectivity index (χ3n) is 3.91. The van der Waals surface area contributed by atoms with Crippen molar-refractivity contribution in [1.82, 2.24) is 4.90 Å². The number of amides is 1. The Kier molecular flexibility index (Phi) is 5.92. The summed E-state index contributed by atoms with van der Waals surface area (Å²) in [7, 11) is 0. The fourth-order valence-corrected chi connectivity index (χ4v) is 2.43. The van der Waals surface area contributed by atoms with Gasteiger partial charge < -0.3 is 15.7 Å². The summed E-state index contributed by atoms with van der Waals surface area (Å²) >= 11 is 0. The average molecular weight is 242 g/mol. The zero-order chi connectivity index (χ0) is 12.8. The molecule has 1 heterocycles. The number of aliphatic hydroxyl groups is 1. The number of likely N-dealkylation sites (tertiary alicyclic amines) is 1. The van der Waals surface area contributed by atoms with Gasteiger partial charge in [-0.3, -0.25) is 4.79 Å². The van der Waals surface area contributed by atoms with Crippen molar-refractivity contribution in [2.24, 2.45) is 11.7 Å². The highest BCUT2D eigenvalue weighted by Gasteiger charge is 2.31. The van der Waals surface area contributed by atoms with Crippen LogP contribution < -0.4 is 5.73 Å². The van der Waals surface area contributed by atoms with Gasteiger partial charge in [0.25, 0.3) is 0 Å². The van der Waals surface area contributed by atoms with E-state index in [1.165, 1.54) is 0 Å². The normalized spacial score (nSPS) is 24.5. The second-order valence-corrected chi connectivity index (χ2v) is 5.10. The van der Waals surface area contributed by atoms with Crippen LogP contribution in [0.4, 0.5) is 0 Å². The molecule has 3 atom stereocenters. The first-order valence-corrected chi connectivity index (χ1v) is 6.78. The lowest BCUT2D eigenvalue weighted by Gasteiger charge is -2.38. The molecule has 1 aliphatic heterocycles. The molecule has 1 fully saturated rings. The number of hydrogen-bond donors (Lipinski definition) is 2. The monoisotopic (exact) mass is 242 g/mol. The number of rotatable bonds is 5. The van der Waals surface area contributed by atoms with Crippen LogP contribution in [0.5, 0.6) is 0 Å². The van der Waals surface area contributed by atoms with Crippen LogP contribution in [0.1, 0.15) is 46.0 Å². The van der Waals surface area contributed by atoms with Gasteiger partial charge in [0.1, 0.15) is 0 Å². The molecule has 1 rings (SSSR count). The van der Waals surface area contributed by atoms with Crippen molar-refractivity contribution >= 4 is 5.91 Å². The Morgan fingerprint density at radius 2 is 2.24 bits per heavy atom. The second kappa shape index (κ2) is 6.97. The molecule has 1 unspecified atom stereocenters. The first-order chi connectivity index (χ1) is 8.11. The van der Waals surface area contributed by atoms with E-state index in [0.29, 0.717) is 6.42 Å². The summed E-state index contributed by atoms with van der Waals surface area (Å²) in [4.78, 5) is 14.2. The molecule has 4 nitrogen and oxygen atoms in total. The van der Waals surface area contributed by atoms with Gasteiger partial charge in [0.15, 0.2) is 0 Å². The molecule has 1 aliphatic rings. The minimum absolute atomic E-state index is 0.0671. The van der Waals surface area contributed by atoms with Crippen LogP contribution in [-0.4, -0.2) is 41.1 Å². The van der Waals surface area contributed by atoms with Gasteiger partial charge in [-0.15, -0.1) is 0 Å². The molecule has 17 heavy (non-hydrogen) atoms. The number of nitrogens with two attached hydrogens (primary N) is 1. The number of aliphatic hydroxyl groups excluding tert-OH is 1. The number of carbonyl (C=O) groups excluding carboxylic acids is 1. The zero-order valence-corrected chi connectivity index (χ0v) is 11.1. The molecule has 3 N–H and O–H groups in total. The van der Waals surface area contributed by atoms with Crippen LogP contribution in [-0.2, 0) is 4.79 Å². The lowest BCUT2D eigenvalue weighted by Crippen LogP contribution is -2.52. The van der Waals surface area contributed by atoms with E-state index < -0.39 is 0 Å². The maximum Gasteiger partial charge on any atom is 0.240 e. The van der Waals surface area contributed by atoms with Gasteiger partial charge in [-0.1, -0.05) is 20.3 Å². The van der Waals surface area contributed by atoms with Crippen LogP contribution in [0.25, 0.3) is 0 Å². The van der Waals surface area contributed by atoms with E-state index in [-0.39, 0.29) is 30.5 Å². The van der Waals surface area contributed by atoms with Crippen LogP contribution in [0.2, 0.25) is 0 Å². The number of hydrogen-bond acceptors (Lipinski definition) is 3. The van der Waals surface area contributed by atoms with Crippen LogP contribution in [0.15, 0.2) is 0 Å². The topological polar surface area (TPSA) is 66.6 Å². The summed E-state index contributed by atoms with van der Waals surface area (Å²) in [6.45, 7) is 5.02. The fourth-order valence-electron chi connectivity index (χ4n) is 2.43. The van der Waals surface area contributed by atoms with E-state index in [1.807, 2.05) is 11.8 Å². The van der Waals surface area contributed by atoms with Crippen molar-refractivity contribution in [3.8, 4) is 0 Å².